The van der Waals surface area contributed by atoms with E-state index in [0.29, 0.717) is 11.4 Å². The number of carbonyl (C=O) groups excluding carboxylic acids is 1. The lowest BCUT2D eigenvalue weighted by Gasteiger charge is -2.34. The molecule has 1 fully saturated rings. The van der Waals surface area contributed by atoms with Crippen LogP contribution in [0.1, 0.15) is 52.0 Å². The third kappa shape index (κ3) is 9.02. The molecule has 36 heavy (non-hydrogen) atoms. The highest BCUT2D eigenvalue weighted by Gasteiger charge is 2.24. The molecule has 0 radical (unpaired) electrons. The third-order valence-electron chi connectivity index (χ3n) is 6.27. The number of nitrogens with one attached hydrogen (secondary N) is 2. The molecule has 0 unspecified atom stereocenters. The minimum absolute atomic E-state index is 0.0637. The maximum Gasteiger partial charge on any atom is 0.317 e. The van der Waals surface area contributed by atoms with Crippen molar-refractivity contribution in [1.82, 2.24) is 15.1 Å². The maximum absolute atomic E-state index is 12.7. The van der Waals surface area contributed by atoms with E-state index < -0.39 is 10.0 Å². The van der Waals surface area contributed by atoms with Crippen LogP contribution in [-0.4, -0.2) is 62.2 Å². The van der Waals surface area contributed by atoms with Crippen molar-refractivity contribution in [1.29, 1.82) is 0 Å². The summed E-state index contributed by atoms with van der Waals surface area (Å²) in [5, 5.41) is 3.25. The fourth-order valence-electron chi connectivity index (χ4n) is 4.28. The molecule has 1 aliphatic heterocycles. The number of unbranched alkanes of at least 4 members (excludes halogenated alkanes) is 1. The molecular weight excluding hydrogens is 476 g/mol. The number of piperidine rings is 1. The first-order valence-corrected chi connectivity index (χ1v) is 14.7. The predicted molar refractivity (Wildman–Crippen MR) is 145 cm³/mol. The summed E-state index contributed by atoms with van der Waals surface area (Å²) in [6, 6.07) is 15.3. The van der Waals surface area contributed by atoms with Gasteiger partial charge in [-0.3, -0.25) is 9.62 Å². The molecule has 2 N–H and O–H groups in total. The number of anilines is 1. The van der Waals surface area contributed by atoms with Crippen molar-refractivity contribution in [2.75, 3.05) is 30.6 Å². The highest BCUT2D eigenvalue weighted by Crippen LogP contribution is 2.24. The van der Waals surface area contributed by atoms with Gasteiger partial charge in [0.1, 0.15) is 11.5 Å². The summed E-state index contributed by atoms with van der Waals surface area (Å²) < 4.78 is 31.0. The lowest BCUT2D eigenvalue weighted by atomic mass is 10.0. The number of sulfonamides is 1. The number of benzene rings is 2. The molecule has 0 bridgehead atoms. The fraction of sp³-hybridized carbons (Fsp3) is 0.519. The molecule has 1 heterocycles. The number of urea groups is 1. The number of rotatable bonds is 11. The van der Waals surface area contributed by atoms with Gasteiger partial charge in [0.2, 0.25) is 10.0 Å². The first kappa shape index (κ1) is 27.8. The molecule has 0 spiro atoms. The molecule has 0 aliphatic carbocycles. The van der Waals surface area contributed by atoms with Crippen molar-refractivity contribution in [3.05, 3.63) is 54.1 Å². The topological polar surface area (TPSA) is 91.0 Å². The third-order valence-corrected chi connectivity index (χ3v) is 6.88. The Morgan fingerprint density at radius 2 is 1.64 bits per heavy atom. The standard InChI is InChI=1S/C27H40N4O4S/c1-5-6-17-31(21(2)3)27(32)28-23-15-18-30(19-16-23)20-22-7-11-25(12-8-22)35-26-13-9-24(10-14-26)29-36(4,33)34/h7-14,21,23,29H,5-6,15-20H2,1-4H3,(H,28,32). The average Bonchev–Trinajstić information content (AvgIpc) is 2.82. The highest BCUT2D eigenvalue weighted by molar-refractivity contribution is 7.92. The summed E-state index contributed by atoms with van der Waals surface area (Å²) in [4.78, 5) is 17.1. The Kier molecular flexibility index (Phi) is 10.0. The second-order valence-corrected chi connectivity index (χ2v) is 11.5. The van der Waals surface area contributed by atoms with Gasteiger partial charge in [-0.2, -0.15) is 0 Å². The van der Waals surface area contributed by atoms with E-state index in [4.69, 9.17) is 4.74 Å². The van der Waals surface area contributed by atoms with Crippen LogP contribution in [0, 0.1) is 0 Å². The quantitative estimate of drug-likeness (QED) is 0.437. The van der Waals surface area contributed by atoms with Gasteiger partial charge in [-0.1, -0.05) is 25.5 Å². The molecular formula is C27H40N4O4S. The number of hydrogen-bond acceptors (Lipinski definition) is 5. The van der Waals surface area contributed by atoms with Crippen LogP contribution >= 0.6 is 0 Å². The van der Waals surface area contributed by atoms with Gasteiger partial charge in [0.15, 0.2) is 0 Å². The van der Waals surface area contributed by atoms with E-state index in [9.17, 15) is 13.2 Å². The van der Waals surface area contributed by atoms with Gasteiger partial charge >= 0.3 is 6.03 Å². The molecule has 1 aliphatic rings. The zero-order valence-electron chi connectivity index (χ0n) is 21.9. The van der Waals surface area contributed by atoms with Crippen LogP contribution in [0.2, 0.25) is 0 Å². The summed E-state index contributed by atoms with van der Waals surface area (Å²) >= 11 is 0. The zero-order valence-corrected chi connectivity index (χ0v) is 22.7. The van der Waals surface area contributed by atoms with Crippen LogP contribution in [0.15, 0.2) is 48.5 Å². The summed E-state index contributed by atoms with van der Waals surface area (Å²) in [6.45, 7) is 9.87. The molecule has 2 amide bonds. The molecule has 0 aromatic heterocycles. The lowest BCUT2D eigenvalue weighted by Crippen LogP contribution is -2.51. The minimum Gasteiger partial charge on any atom is -0.457 e. The smallest absolute Gasteiger partial charge is 0.317 e. The van der Waals surface area contributed by atoms with E-state index in [-0.39, 0.29) is 18.1 Å². The van der Waals surface area contributed by atoms with Crippen LogP contribution in [0.4, 0.5) is 10.5 Å². The van der Waals surface area contributed by atoms with Gasteiger partial charge < -0.3 is 15.0 Å². The Morgan fingerprint density at radius 1 is 1.06 bits per heavy atom. The Morgan fingerprint density at radius 3 is 2.17 bits per heavy atom. The molecule has 0 saturated carbocycles. The molecule has 2 aromatic rings. The average molecular weight is 517 g/mol. The van der Waals surface area contributed by atoms with E-state index in [1.165, 1.54) is 5.56 Å². The number of hydrogen-bond donors (Lipinski definition) is 2. The van der Waals surface area contributed by atoms with Gasteiger partial charge in [0.05, 0.1) is 6.26 Å². The van der Waals surface area contributed by atoms with Crippen LogP contribution in [0.25, 0.3) is 0 Å². The number of carbonyl (C=O) groups is 1. The van der Waals surface area contributed by atoms with Crippen LogP contribution in [-0.2, 0) is 16.6 Å². The van der Waals surface area contributed by atoms with E-state index in [2.05, 4.69) is 47.8 Å². The number of likely N-dealkylation sites (tertiary alicyclic amines) is 1. The van der Waals surface area contributed by atoms with Gasteiger partial charge in [-0.15, -0.1) is 0 Å². The van der Waals surface area contributed by atoms with Crippen molar-refractivity contribution in [3.63, 3.8) is 0 Å². The Hall–Kier alpha value is -2.78. The molecule has 0 atom stereocenters. The molecule has 1 saturated heterocycles. The van der Waals surface area contributed by atoms with Gasteiger partial charge in [0, 0.05) is 44.0 Å². The summed E-state index contributed by atoms with van der Waals surface area (Å²) in [5.41, 5.74) is 1.71. The summed E-state index contributed by atoms with van der Waals surface area (Å²) in [6.07, 6.45) is 5.14. The molecule has 9 heteroatoms. The van der Waals surface area contributed by atoms with Crippen molar-refractivity contribution >= 4 is 21.7 Å². The zero-order chi connectivity index (χ0) is 26.1. The second kappa shape index (κ2) is 13.0. The van der Waals surface area contributed by atoms with Gasteiger partial charge in [-0.05, 0) is 75.1 Å². The second-order valence-electron chi connectivity index (χ2n) is 9.79. The first-order valence-electron chi connectivity index (χ1n) is 12.8. The van der Waals surface area contributed by atoms with Crippen molar-refractivity contribution < 1.29 is 17.9 Å². The van der Waals surface area contributed by atoms with E-state index >= 15 is 0 Å². The van der Waals surface area contributed by atoms with Crippen LogP contribution in [0.3, 0.4) is 0 Å². The maximum atomic E-state index is 12.7. The summed E-state index contributed by atoms with van der Waals surface area (Å²) in [5.74, 6) is 1.36. The Bertz CT molecular complexity index is 1060. The summed E-state index contributed by atoms with van der Waals surface area (Å²) in [7, 11) is -3.30. The van der Waals surface area contributed by atoms with Gasteiger partial charge in [0.25, 0.3) is 0 Å². The molecule has 3 rings (SSSR count). The van der Waals surface area contributed by atoms with Crippen LogP contribution in [0.5, 0.6) is 11.5 Å². The Labute approximate surface area is 216 Å². The first-order chi connectivity index (χ1) is 17.1. The number of amides is 2. The highest BCUT2D eigenvalue weighted by atomic mass is 32.2. The minimum atomic E-state index is -3.30. The molecule has 8 nitrogen and oxygen atoms in total. The van der Waals surface area contributed by atoms with E-state index in [1.54, 1.807) is 24.3 Å². The van der Waals surface area contributed by atoms with E-state index in [1.807, 2.05) is 17.0 Å². The van der Waals surface area contributed by atoms with Crippen LogP contribution < -0.4 is 14.8 Å². The SMILES string of the molecule is CCCCN(C(=O)NC1CCN(Cc2ccc(Oc3ccc(NS(C)(=O)=O)cc3)cc2)CC1)C(C)C. The Balaban J connectivity index is 1.44. The monoisotopic (exact) mass is 516 g/mol. The number of nitrogens with zero attached hydrogens (tertiary/aromatic N) is 2. The van der Waals surface area contributed by atoms with Crippen molar-refractivity contribution in [2.45, 2.75) is 65.1 Å². The van der Waals surface area contributed by atoms with Crippen molar-refractivity contribution in [2.24, 2.45) is 0 Å². The largest absolute Gasteiger partial charge is 0.457 e. The predicted octanol–water partition coefficient (Wildman–Crippen LogP) is 5.03. The molecule has 198 valence electrons. The fourth-order valence-corrected chi connectivity index (χ4v) is 4.84. The van der Waals surface area contributed by atoms with E-state index in [0.717, 1.165) is 63.9 Å². The van der Waals surface area contributed by atoms with Gasteiger partial charge in [-0.25, -0.2) is 13.2 Å². The normalized spacial score (nSPS) is 15.0. The number of ether oxygens (including phenoxy) is 1. The van der Waals surface area contributed by atoms with Crippen molar-refractivity contribution in [3.8, 4) is 11.5 Å². The molecule has 2 aromatic carbocycles. The lowest BCUT2D eigenvalue weighted by molar-refractivity contribution is 0.159.